The standard InChI is InChI=1S/C16H35O4P.C4H10O.C2H4/c1-2-3-4-5-6-7-8-9-10-11-12-13-14-15-16-20-21(17,18)19;1-3-5-4-2;1-2/h2-16H2,1H3,(H2,17,18,19);3-4H2,1-2H3;1-2H2. The average molecular weight is 425 g/mol. The lowest BCUT2D eigenvalue weighted by molar-refractivity contribution is 0.162. The van der Waals surface area contributed by atoms with Gasteiger partial charge < -0.3 is 14.5 Å². The van der Waals surface area contributed by atoms with Crippen LogP contribution in [0.15, 0.2) is 13.2 Å². The second-order valence-electron chi connectivity index (χ2n) is 6.70. The van der Waals surface area contributed by atoms with Crippen LogP contribution in [-0.4, -0.2) is 29.6 Å². The summed E-state index contributed by atoms with van der Waals surface area (Å²) in [4.78, 5) is 17.0. The van der Waals surface area contributed by atoms with Gasteiger partial charge in [-0.05, 0) is 20.3 Å². The molecular weight excluding hydrogens is 375 g/mol. The summed E-state index contributed by atoms with van der Waals surface area (Å²) in [7, 11) is -4.25. The minimum absolute atomic E-state index is 0.169. The highest BCUT2D eigenvalue weighted by Crippen LogP contribution is 2.35. The van der Waals surface area contributed by atoms with Crippen LogP contribution in [0.3, 0.4) is 0 Å². The Morgan fingerprint density at radius 3 is 1.21 bits per heavy atom. The molecule has 2 N–H and O–H groups in total. The Kier molecular flexibility index (Phi) is 33.7. The van der Waals surface area contributed by atoms with Gasteiger partial charge in [-0.15, -0.1) is 13.2 Å². The van der Waals surface area contributed by atoms with Gasteiger partial charge in [-0.2, -0.15) is 0 Å². The molecule has 0 heterocycles. The third kappa shape index (κ3) is 40.5. The SMILES string of the molecule is C=C.CCCCCCCCCCCCCCCCOP(=O)(O)O.CCOCC. The van der Waals surface area contributed by atoms with E-state index in [-0.39, 0.29) is 6.61 Å². The third-order valence-electron chi connectivity index (χ3n) is 4.17. The van der Waals surface area contributed by atoms with E-state index >= 15 is 0 Å². The predicted octanol–water partition coefficient (Wildman–Crippen LogP) is 7.42. The molecule has 6 heteroatoms. The summed E-state index contributed by atoms with van der Waals surface area (Å²) in [5, 5.41) is 0. The summed E-state index contributed by atoms with van der Waals surface area (Å²) < 4.78 is 19.7. The van der Waals surface area contributed by atoms with Gasteiger partial charge in [0, 0.05) is 13.2 Å². The molecule has 0 aromatic rings. The highest BCUT2D eigenvalue weighted by atomic mass is 31.2. The van der Waals surface area contributed by atoms with Crippen LogP contribution >= 0.6 is 7.82 Å². The lowest BCUT2D eigenvalue weighted by Gasteiger charge is -2.05. The molecular formula is C22H49O5P. The molecule has 28 heavy (non-hydrogen) atoms. The Labute approximate surface area is 175 Å². The first-order valence-electron chi connectivity index (χ1n) is 11.3. The monoisotopic (exact) mass is 424 g/mol. The van der Waals surface area contributed by atoms with Gasteiger partial charge in [-0.1, -0.05) is 90.4 Å². The molecule has 0 atom stereocenters. The van der Waals surface area contributed by atoms with E-state index in [0.29, 0.717) is 0 Å². The van der Waals surface area contributed by atoms with Gasteiger partial charge in [0.15, 0.2) is 0 Å². The van der Waals surface area contributed by atoms with Crippen LogP contribution in [0.4, 0.5) is 0 Å². The average Bonchev–Trinajstić information content (AvgIpc) is 2.67. The molecule has 0 aliphatic heterocycles. The maximum Gasteiger partial charge on any atom is 0.469 e. The first-order chi connectivity index (χ1) is 13.5. The van der Waals surface area contributed by atoms with Crippen molar-refractivity contribution in [3.8, 4) is 0 Å². The highest BCUT2D eigenvalue weighted by Gasteiger charge is 2.12. The van der Waals surface area contributed by atoms with E-state index in [1.54, 1.807) is 0 Å². The lowest BCUT2D eigenvalue weighted by atomic mass is 10.0. The molecule has 0 radical (unpaired) electrons. The van der Waals surface area contributed by atoms with Crippen LogP contribution in [0.2, 0.25) is 0 Å². The number of hydrogen-bond acceptors (Lipinski definition) is 3. The zero-order valence-corrected chi connectivity index (χ0v) is 19.9. The molecule has 0 aliphatic carbocycles. The Morgan fingerprint density at radius 2 is 0.964 bits per heavy atom. The summed E-state index contributed by atoms with van der Waals surface area (Å²) in [5.41, 5.74) is 0. The summed E-state index contributed by atoms with van der Waals surface area (Å²) in [6, 6.07) is 0. The van der Waals surface area contributed by atoms with E-state index in [2.05, 4.69) is 24.6 Å². The molecule has 0 rings (SSSR count). The number of phosphoric acid groups is 1. The summed E-state index contributed by atoms with van der Waals surface area (Å²) in [5.74, 6) is 0. The van der Waals surface area contributed by atoms with E-state index in [1.807, 2.05) is 13.8 Å². The van der Waals surface area contributed by atoms with Crippen molar-refractivity contribution in [1.82, 2.24) is 0 Å². The summed E-state index contributed by atoms with van der Waals surface area (Å²) >= 11 is 0. The fraction of sp³-hybridized carbons (Fsp3) is 0.909. The number of rotatable bonds is 18. The van der Waals surface area contributed by atoms with Crippen molar-refractivity contribution in [3.63, 3.8) is 0 Å². The van der Waals surface area contributed by atoms with Crippen LogP contribution in [0.1, 0.15) is 111 Å². The zero-order chi connectivity index (χ0) is 21.9. The fourth-order valence-electron chi connectivity index (χ4n) is 2.68. The molecule has 0 amide bonds. The normalized spacial score (nSPS) is 10.6. The first kappa shape index (κ1) is 32.5. The van der Waals surface area contributed by atoms with Crippen molar-refractivity contribution in [2.24, 2.45) is 0 Å². The lowest BCUT2D eigenvalue weighted by Crippen LogP contribution is -1.92. The molecule has 0 aromatic carbocycles. The summed E-state index contributed by atoms with van der Waals surface area (Å²) in [6.07, 6.45) is 17.8. The predicted molar refractivity (Wildman–Crippen MR) is 122 cm³/mol. The van der Waals surface area contributed by atoms with Crippen LogP contribution in [0, 0.1) is 0 Å². The van der Waals surface area contributed by atoms with E-state index in [1.165, 1.54) is 70.6 Å². The number of phosphoric ester groups is 1. The molecule has 5 nitrogen and oxygen atoms in total. The van der Waals surface area contributed by atoms with Gasteiger partial charge in [-0.3, -0.25) is 4.52 Å². The van der Waals surface area contributed by atoms with E-state index in [4.69, 9.17) is 14.5 Å². The number of ether oxygens (including phenoxy) is 1. The molecule has 0 bridgehead atoms. The summed E-state index contributed by atoms with van der Waals surface area (Å²) in [6.45, 7) is 14.1. The molecule has 0 saturated heterocycles. The van der Waals surface area contributed by atoms with Gasteiger partial charge in [0.2, 0.25) is 0 Å². The minimum Gasteiger partial charge on any atom is -0.382 e. The highest BCUT2D eigenvalue weighted by molar-refractivity contribution is 7.46. The van der Waals surface area contributed by atoms with E-state index in [0.717, 1.165) is 32.5 Å². The molecule has 172 valence electrons. The molecule has 0 spiro atoms. The molecule has 0 aliphatic rings. The van der Waals surface area contributed by atoms with Gasteiger partial charge >= 0.3 is 7.82 Å². The van der Waals surface area contributed by atoms with Crippen LogP contribution in [-0.2, 0) is 13.8 Å². The van der Waals surface area contributed by atoms with Gasteiger partial charge in [0.05, 0.1) is 6.61 Å². The Bertz CT molecular complexity index is 305. The second kappa shape index (κ2) is 29.0. The van der Waals surface area contributed by atoms with Crippen LogP contribution in [0.25, 0.3) is 0 Å². The molecule has 0 unspecified atom stereocenters. The maximum absolute atomic E-state index is 10.4. The Morgan fingerprint density at radius 1 is 0.643 bits per heavy atom. The van der Waals surface area contributed by atoms with Crippen molar-refractivity contribution in [2.45, 2.75) is 111 Å². The Hall–Kier alpha value is -0.190. The van der Waals surface area contributed by atoms with Crippen molar-refractivity contribution in [1.29, 1.82) is 0 Å². The van der Waals surface area contributed by atoms with Crippen molar-refractivity contribution >= 4 is 7.82 Å². The van der Waals surface area contributed by atoms with Crippen molar-refractivity contribution in [3.05, 3.63) is 13.2 Å². The quantitative estimate of drug-likeness (QED) is 0.136. The van der Waals surface area contributed by atoms with Crippen molar-refractivity contribution < 1.29 is 23.6 Å². The molecule has 0 aromatic heterocycles. The smallest absolute Gasteiger partial charge is 0.382 e. The topological polar surface area (TPSA) is 76.0 Å². The minimum atomic E-state index is -4.25. The first-order valence-corrected chi connectivity index (χ1v) is 12.8. The fourth-order valence-corrected chi connectivity index (χ4v) is 3.05. The molecule has 0 saturated carbocycles. The maximum atomic E-state index is 10.4. The van der Waals surface area contributed by atoms with Crippen molar-refractivity contribution in [2.75, 3.05) is 19.8 Å². The molecule has 0 fully saturated rings. The number of hydrogen-bond donors (Lipinski definition) is 2. The number of unbranched alkanes of at least 4 members (excludes halogenated alkanes) is 13. The van der Waals surface area contributed by atoms with Gasteiger partial charge in [0.1, 0.15) is 0 Å². The van der Waals surface area contributed by atoms with Crippen LogP contribution < -0.4 is 0 Å². The largest absolute Gasteiger partial charge is 0.469 e. The van der Waals surface area contributed by atoms with Gasteiger partial charge in [0.25, 0.3) is 0 Å². The van der Waals surface area contributed by atoms with Crippen LogP contribution in [0.5, 0.6) is 0 Å². The van der Waals surface area contributed by atoms with E-state index in [9.17, 15) is 4.57 Å². The van der Waals surface area contributed by atoms with Gasteiger partial charge in [-0.25, -0.2) is 4.57 Å². The second-order valence-corrected chi connectivity index (χ2v) is 7.94. The Balaban J connectivity index is -0.000000767. The zero-order valence-electron chi connectivity index (χ0n) is 19.0. The van der Waals surface area contributed by atoms with E-state index < -0.39 is 7.82 Å². The third-order valence-corrected chi connectivity index (χ3v) is 4.68.